The van der Waals surface area contributed by atoms with Crippen LogP contribution < -0.4 is 11.1 Å². The largest absolute Gasteiger partial charge is 0.378 e. The highest BCUT2D eigenvalue weighted by Crippen LogP contribution is 2.46. The monoisotopic (exact) mass is 491 g/mol. The van der Waals surface area contributed by atoms with E-state index in [-0.39, 0.29) is 36.2 Å². The SMILES string of the molecule is CC(C)(N)C(=O)N[C@H](COCC1CCCCC1)C(=O)N1CCC2(CCc3ccccc32)CC1.Cl. The molecule has 3 N–H and O–H groups in total. The summed E-state index contributed by atoms with van der Waals surface area (Å²) < 4.78 is 6.00. The fraction of sp³-hybridized carbons (Fsp3) is 0.704. The van der Waals surface area contributed by atoms with Crippen LogP contribution in [0.25, 0.3) is 0 Å². The minimum atomic E-state index is -1.04. The zero-order valence-electron chi connectivity index (χ0n) is 20.8. The second-order valence-corrected chi connectivity index (χ2v) is 11.1. The lowest BCUT2D eigenvalue weighted by Gasteiger charge is -2.41. The zero-order valence-corrected chi connectivity index (χ0v) is 21.6. The molecule has 1 atom stereocenters. The molecule has 1 heterocycles. The van der Waals surface area contributed by atoms with E-state index in [2.05, 4.69) is 29.6 Å². The topological polar surface area (TPSA) is 84.7 Å². The van der Waals surface area contributed by atoms with Gasteiger partial charge in [-0.3, -0.25) is 9.59 Å². The van der Waals surface area contributed by atoms with Gasteiger partial charge < -0.3 is 20.7 Å². The highest BCUT2D eigenvalue weighted by atomic mass is 35.5. The molecular formula is C27H42ClN3O3. The molecule has 0 unspecified atom stereocenters. The first-order chi connectivity index (χ1) is 15.8. The predicted molar refractivity (Wildman–Crippen MR) is 137 cm³/mol. The van der Waals surface area contributed by atoms with E-state index in [0.717, 1.165) is 19.3 Å². The number of carbonyl (C=O) groups is 2. The van der Waals surface area contributed by atoms with Crippen molar-refractivity contribution < 1.29 is 14.3 Å². The van der Waals surface area contributed by atoms with Crippen molar-refractivity contribution in [3.05, 3.63) is 35.4 Å². The molecule has 1 spiro atoms. The van der Waals surface area contributed by atoms with Crippen LogP contribution >= 0.6 is 12.4 Å². The molecule has 1 saturated carbocycles. The van der Waals surface area contributed by atoms with E-state index < -0.39 is 11.6 Å². The lowest BCUT2D eigenvalue weighted by atomic mass is 9.74. The molecule has 2 aliphatic carbocycles. The quantitative estimate of drug-likeness (QED) is 0.608. The maximum atomic E-state index is 13.5. The smallest absolute Gasteiger partial charge is 0.247 e. The number of piperidine rings is 1. The number of hydrogen-bond donors (Lipinski definition) is 2. The van der Waals surface area contributed by atoms with E-state index in [1.54, 1.807) is 13.8 Å². The molecule has 4 rings (SSSR count). The third-order valence-electron chi connectivity index (χ3n) is 8.05. The third kappa shape index (κ3) is 6.13. The Morgan fingerprint density at radius 3 is 2.50 bits per heavy atom. The Bertz CT molecular complexity index is 840. The first-order valence-electron chi connectivity index (χ1n) is 12.8. The Hall–Kier alpha value is -1.63. The Kier molecular flexibility index (Phi) is 9.04. The maximum absolute atomic E-state index is 13.5. The molecule has 0 aromatic heterocycles. The van der Waals surface area contributed by atoms with Crippen molar-refractivity contribution in [2.75, 3.05) is 26.3 Å². The number of carbonyl (C=O) groups excluding carboxylic acids is 2. The van der Waals surface area contributed by atoms with Crippen LogP contribution in [-0.4, -0.2) is 54.6 Å². The predicted octanol–water partition coefficient (Wildman–Crippen LogP) is 3.73. The number of rotatable bonds is 7. The number of aryl methyl sites for hydroxylation is 1. The van der Waals surface area contributed by atoms with Crippen molar-refractivity contribution in [1.82, 2.24) is 10.2 Å². The van der Waals surface area contributed by atoms with Gasteiger partial charge in [-0.1, -0.05) is 43.5 Å². The summed E-state index contributed by atoms with van der Waals surface area (Å²) in [6.45, 7) is 5.62. The molecule has 1 saturated heterocycles. The number of nitrogens with two attached hydrogens (primary N) is 1. The third-order valence-corrected chi connectivity index (χ3v) is 8.05. The number of likely N-dealkylation sites (tertiary alicyclic amines) is 1. The van der Waals surface area contributed by atoms with E-state index in [1.165, 1.54) is 49.7 Å². The molecule has 7 heteroatoms. The molecule has 190 valence electrons. The van der Waals surface area contributed by atoms with Crippen LogP contribution in [0.2, 0.25) is 0 Å². The van der Waals surface area contributed by atoms with Crippen LogP contribution in [0.1, 0.15) is 76.3 Å². The molecule has 1 aromatic carbocycles. The molecule has 2 amide bonds. The Balaban J connectivity index is 0.00000324. The van der Waals surface area contributed by atoms with Crippen LogP contribution in [0.5, 0.6) is 0 Å². The van der Waals surface area contributed by atoms with Gasteiger partial charge >= 0.3 is 0 Å². The van der Waals surface area contributed by atoms with Gasteiger partial charge in [0.05, 0.1) is 12.1 Å². The van der Waals surface area contributed by atoms with E-state index >= 15 is 0 Å². The van der Waals surface area contributed by atoms with Crippen molar-refractivity contribution in [3.63, 3.8) is 0 Å². The second kappa shape index (κ2) is 11.4. The van der Waals surface area contributed by atoms with E-state index in [1.807, 2.05) is 4.90 Å². The first kappa shape index (κ1) is 27.0. The minimum absolute atomic E-state index is 0. The standard InChI is InChI=1S/C27H41N3O3.ClH/c1-26(2,28)25(32)29-23(19-33-18-20-8-4-3-5-9-20)24(31)30-16-14-27(15-17-30)13-12-21-10-6-7-11-22(21)27;/h6-7,10-11,20,23H,3-5,8-9,12-19,28H2,1-2H3,(H,29,32);1H/t23-;/m1./s1. The van der Waals surface area contributed by atoms with Crippen molar-refractivity contribution in [3.8, 4) is 0 Å². The highest BCUT2D eigenvalue weighted by Gasteiger charge is 2.42. The molecule has 1 aliphatic heterocycles. The van der Waals surface area contributed by atoms with Crippen LogP contribution in [0.4, 0.5) is 0 Å². The van der Waals surface area contributed by atoms with Crippen LogP contribution in [-0.2, 0) is 26.2 Å². The molecule has 3 aliphatic rings. The summed E-state index contributed by atoms with van der Waals surface area (Å²) in [6.07, 6.45) is 10.4. The average Bonchev–Trinajstić information content (AvgIpc) is 3.16. The Morgan fingerprint density at radius 2 is 1.82 bits per heavy atom. The van der Waals surface area contributed by atoms with Crippen molar-refractivity contribution in [2.24, 2.45) is 11.7 Å². The first-order valence-corrected chi connectivity index (χ1v) is 12.8. The Labute approximate surface area is 210 Å². The zero-order chi connectivity index (χ0) is 23.5. The molecule has 6 nitrogen and oxygen atoms in total. The van der Waals surface area contributed by atoms with Gasteiger partial charge in [-0.05, 0) is 74.8 Å². The van der Waals surface area contributed by atoms with Crippen LogP contribution in [0, 0.1) is 5.92 Å². The van der Waals surface area contributed by atoms with Crippen molar-refractivity contribution in [2.45, 2.75) is 88.6 Å². The summed E-state index contributed by atoms with van der Waals surface area (Å²) in [4.78, 5) is 28.0. The van der Waals surface area contributed by atoms with Crippen molar-refractivity contribution >= 4 is 24.2 Å². The van der Waals surface area contributed by atoms with Gasteiger partial charge in [0, 0.05) is 19.7 Å². The molecule has 1 aromatic rings. The summed E-state index contributed by atoms with van der Waals surface area (Å²) in [6, 6.07) is 8.08. The lowest BCUT2D eigenvalue weighted by Crippen LogP contribution is -2.59. The lowest BCUT2D eigenvalue weighted by molar-refractivity contribution is -0.140. The summed E-state index contributed by atoms with van der Waals surface area (Å²) in [5.74, 6) is 0.200. The number of hydrogen-bond acceptors (Lipinski definition) is 4. The fourth-order valence-electron chi connectivity index (χ4n) is 5.88. The Morgan fingerprint density at radius 1 is 1.15 bits per heavy atom. The van der Waals surface area contributed by atoms with Gasteiger partial charge in [0.15, 0.2) is 0 Å². The summed E-state index contributed by atoms with van der Waals surface area (Å²) in [5, 5.41) is 2.89. The molecule has 2 fully saturated rings. The van der Waals surface area contributed by atoms with Gasteiger partial charge in [-0.2, -0.15) is 0 Å². The minimum Gasteiger partial charge on any atom is -0.378 e. The second-order valence-electron chi connectivity index (χ2n) is 11.1. The fourth-order valence-corrected chi connectivity index (χ4v) is 5.88. The van der Waals surface area contributed by atoms with Crippen LogP contribution in [0.3, 0.4) is 0 Å². The van der Waals surface area contributed by atoms with Crippen LogP contribution in [0.15, 0.2) is 24.3 Å². The number of nitrogens with zero attached hydrogens (tertiary/aromatic N) is 1. The van der Waals surface area contributed by atoms with Gasteiger partial charge in [-0.25, -0.2) is 0 Å². The number of amides is 2. The number of fused-ring (bicyclic) bond motifs is 2. The maximum Gasteiger partial charge on any atom is 0.247 e. The van der Waals surface area contributed by atoms with E-state index in [9.17, 15) is 9.59 Å². The van der Waals surface area contributed by atoms with Gasteiger partial charge in [0.2, 0.25) is 11.8 Å². The van der Waals surface area contributed by atoms with E-state index in [0.29, 0.717) is 25.6 Å². The molecular weight excluding hydrogens is 450 g/mol. The van der Waals surface area contributed by atoms with Gasteiger partial charge in [-0.15, -0.1) is 12.4 Å². The molecule has 0 bridgehead atoms. The summed E-state index contributed by atoms with van der Waals surface area (Å²) in [5.41, 5.74) is 8.09. The van der Waals surface area contributed by atoms with Gasteiger partial charge in [0.25, 0.3) is 0 Å². The number of benzene rings is 1. The highest BCUT2D eigenvalue weighted by molar-refractivity contribution is 5.91. The normalized spacial score (nSPS) is 21.0. The van der Waals surface area contributed by atoms with E-state index in [4.69, 9.17) is 10.5 Å². The number of ether oxygens (including phenoxy) is 1. The van der Waals surface area contributed by atoms with Gasteiger partial charge in [0.1, 0.15) is 6.04 Å². The molecule has 0 radical (unpaired) electrons. The van der Waals surface area contributed by atoms with Crippen molar-refractivity contribution in [1.29, 1.82) is 0 Å². The number of nitrogens with one attached hydrogen (secondary N) is 1. The number of halogens is 1. The average molecular weight is 492 g/mol. The summed E-state index contributed by atoms with van der Waals surface area (Å²) in [7, 11) is 0. The summed E-state index contributed by atoms with van der Waals surface area (Å²) >= 11 is 0. The molecule has 34 heavy (non-hydrogen) atoms.